The highest BCUT2D eigenvalue weighted by molar-refractivity contribution is 7.98. The van der Waals surface area contributed by atoms with Gasteiger partial charge in [0.2, 0.25) is 5.91 Å². The zero-order valence-electron chi connectivity index (χ0n) is 8.57. The molecule has 1 aromatic heterocycles. The molecule has 0 atom stereocenters. The molecule has 0 fully saturated rings. The molecule has 1 aromatic rings. The second kappa shape index (κ2) is 7.36. The van der Waals surface area contributed by atoms with Crippen molar-refractivity contribution in [2.45, 2.75) is 25.0 Å². The van der Waals surface area contributed by atoms with Gasteiger partial charge in [0.05, 0.1) is 12.0 Å². The van der Waals surface area contributed by atoms with Gasteiger partial charge in [-0.05, 0) is 30.7 Å². The van der Waals surface area contributed by atoms with Crippen molar-refractivity contribution in [1.82, 2.24) is 5.43 Å². The van der Waals surface area contributed by atoms with E-state index in [0.717, 1.165) is 30.1 Å². The second-order valence-corrected chi connectivity index (χ2v) is 4.26. The van der Waals surface area contributed by atoms with Gasteiger partial charge < -0.3 is 4.42 Å². The number of hydrazine groups is 1. The van der Waals surface area contributed by atoms with Gasteiger partial charge in [0, 0.05) is 6.42 Å². The van der Waals surface area contributed by atoms with Gasteiger partial charge in [0.25, 0.3) is 0 Å². The molecule has 0 spiro atoms. The molecule has 1 amide bonds. The van der Waals surface area contributed by atoms with Crippen molar-refractivity contribution in [2.24, 2.45) is 5.84 Å². The van der Waals surface area contributed by atoms with Gasteiger partial charge >= 0.3 is 0 Å². The first-order valence-electron chi connectivity index (χ1n) is 4.92. The summed E-state index contributed by atoms with van der Waals surface area (Å²) >= 11 is 1.81. The zero-order chi connectivity index (χ0) is 10.9. The lowest BCUT2D eigenvalue weighted by Crippen LogP contribution is -2.29. The molecular formula is C10H16N2O2S. The summed E-state index contributed by atoms with van der Waals surface area (Å²) in [5, 5.41) is 0. The molecule has 5 heteroatoms. The first kappa shape index (κ1) is 12.1. The molecule has 0 bridgehead atoms. The molecule has 3 N–H and O–H groups in total. The number of amides is 1. The highest BCUT2D eigenvalue weighted by Gasteiger charge is 1.99. The summed E-state index contributed by atoms with van der Waals surface area (Å²) in [6.45, 7) is 0. The Morgan fingerprint density at radius 2 is 2.40 bits per heavy atom. The highest BCUT2D eigenvalue weighted by atomic mass is 32.2. The van der Waals surface area contributed by atoms with Crippen molar-refractivity contribution >= 4 is 17.7 Å². The van der Waals surface area contributed by atoms with Crippen molar-refractivity contribution in [2.75, 3.05) is 5.75 Å². The standard InChI is InChI=1S/C10H16N2O2S/c11-12-10(13)5-1-2-7-15-8-9-4-3-6-14-9/h3-4,6H,1-2,5,7-8,11H2,(H,12,13). The van der Waals surface area contributed by atoms with Crippen molar-refractivity contribution in [3.63, 3.8) is 0 Å². The lowest BCUT2D eigenvalue weighted by molar-refractivity contribution is -0.121. The van der Waals surface area contributed by atoms with Crippen LogP contribution < -0.4 is 11.3 Å². The molecule has 15 heavy (non-hydrogen) atoms. The van der Waals surface area contributed by atoms with Crippen LogP contribution in [0.15, 0.2) is 22.8 Å². The van der Waals surface area contributed by atoms with E-state index in [9.17, 15) is 4.79 Å². The Balaban J connectivity index is 1.91. The lowest BCUT2D eigenvalue weighted by atomic mass is 10.2. The van der Waals surface area contributed by atoms with E-state index in [0.29, 0.717) is 6.42 Å². The van der Waals surface area contributed by atoms with Crippen LogP contribution in [0.4, 0.5) is 0 Å². The van der Waals surface area contributed by atoms with Crippen LogP contribution in [0.1, 0.15) is 25.0 Å². The van der Waals surface area contributed by atoms with Crippen LogP contribution in [-0.2, 0) is 10.5 Å². The summed E-state index contributed by atoms with van der Waals surface area (Å²) in [5.41, 5.74) is 2.12. The Kier molecular flexibility index (Phi) is 5.96. The summed E-state index contributed by atoms with van der Waals surface area (Å²) in [6, 6.07) is 3.86. The first-order chi connectivity index (χ1) is 7.33. The molecule has 84 valence electrons. The number of nitrogens with one attached hydrogen (secondary N) is 1. The number of carbonyl (C=O) groups excluding carboxylic acids is 1. The van der Waals surface area contributed by atoms with E-state index in [4.69, 9.17) is 10.3 Å². The van der Waals surface area contributed by atoms with Crippen LogP contribution >= 0.6 is 11.8 Å². The van der Waals surface area contributed by atoms with Crippen molar-refractivity contribution < 1.29 is 9.21 Å². The summed E-state index contributed by atoms with van der Waals surface area (Å²) < 4.78 is 5.19. The maximum atomic E-state index is 10.8. The van der Waals surface area contributed by atoms with Crippen LogP contribution in [0, 0.1) is 0 Å². The first-order valence-corrected chi connectivity index (χ1v) is 6.08. The van der Waals surface area contributed by atoms with Gasteiger partial charge in [0.15, 0.2) is 0 Å². The van der Waals surface area contributed by atoms with Gasteiger partial charge in [-0.3, -0.25) is 10.2 Å². The number of thioether (sulfide) groups is 1. The average Bonchev–Trinajstić information content (AvgIpc) is 2.75. The Labute approximate surface area is 93.6 Å². The van der Waals surface area contributed by atoms with E-state index in [1.807, 2.05) is 23.9 Å². The smallest absolute Gasteiger partial charge is 0.233 e. The molecule has 0 unspecified atom stereocenters. The third-order valence-corrected chi connectivity index (χ3v) is 2.99. The number of nitrogens with two attached hydrogens (primary N) is 1. The van der Waals surface area contributed by atoms with Gasteiger partial charge in [-0.15, -0.1) is 0 Å². The van der Waals surface area contributed by atoms with E-state index >= 15 is 0 Å². The van der Waals surface area contributed by atoms with E-state index in [1.165, 1.54) is 0 Å². The lowest BCUT2D eigenvalue weighted by Gasteiger charge is -2.00. The predicted octanol–water partition coefficient (Wildman–Crippen LogP) is 1.67. The number of unbranched alkanes of at least 4 members (excludes halogenated alkanes) is 1. The summed E-state index contributed by atoms with van der Waals surface area (Å²) in [5.74, 6) is 7.81. The minimum absolute atomic E-state index is 0.0916. The number of carbonyl (C=O) groups is 1. The van der Waals surface area contributed by atoms with Crippen LogP contribution in [0.3, 0.4) is 0 Å². The number of furan rings is 1. The number of hydrogen-bond acceptors (Lipinski definition) is 4. The molecular weight excluding hydrogens is 212 g/mol. The molecule has 0 aliphatic rings. The van der Waals surface area contributed by atoms with Crippen molar-refractivity contribution in [3.8, 4) is 0 Å². The fourth-order valence-corrected chi connectivity index (χ4v) is 2.05. The Hall–Kier alpha value is -0.940. The molecule has 1 rings (SSSR count). The van der Waals surface area contributed by atoms with Crippen molar-refractivity contribution in [1.29, 1.82) is 0 Å². The molecule has 1 heterocycles. The molecule has 0 aliphatic heterocycles. The molecule has 0 aliphatic carbocycles. The van der Waals surface area contributed by atoms with Crippen molar-refractivity contribution in [3.05, 3.63) is 24.2 Å². The predicted molar refractivity (Wildman–Crippen MR) is 61.1 cm³/mol. The normalized spacial score (nSPS) is 10.2. The summed E-state index contributed by atoms with van der Waals surface area (Å²) in [6.07, 6.45) is 4.10. The highest BCUT2D eigenvalue weighted by Crippen LogP contribution is 2.14. The third-order valence-electron chi connectivity index (χ3n) is 1.93. The van der Waals surface area contributed by atoms with Gasteiger partial charge in [-0.2, -0.15) is 11.8 Å². The van der Waals surface area contributed by atoms with E-state index in [1.54, 1.807) is 6.26 Å². The quantitative estimate of drug-likeness (QED) is 0.322. The number of rotatable bonds is 7. The minimum atomic E-state index is -0.0916. The molecule has 0 saturated heterocycles. The molecule has 0 radical (unpaired) electrons. The fraction of sp³-hybridized carbons (Fsp3) is 0.500. The summed E-state index contributed by atoms with van der Waals surface area (Å²) in [4.78, 5) is 10.8. The molecule has 0 saturated carbocycles. The monoisotopic (exact) mass is 228 g/mol. The van der Waals surface area contributed by atoms with E-state index in [-0.39, 0.29) is 5.91 Å². The molecule has 0 aromatic carbocycles. The average molecular weight is 228 g/mol. The maximum Gasteiger partial charge on any atom is 0.233 e. The Morgan fingerprint density at radius 1 is 1.53 bits per heavy atom. The minimum Gasteiger partial charge on any atom is -0.468 e. The third kappa shape index (κ3) is 5.49. The maximum absolute atomic E-state index is 10.8. The van der Waals surface area contributed by atoms with Gasteiger partial charge in [0.1, 0.15) is 5.76 Å². The Morgan fingerprint density at radius 3 is 3.07 bits per heavy atom. The topological polar surface area (TPSA) is 68.3 Å². The van der Waals surface area contributed by atoms with E-state index in [2.05, 4.69) is 5.43 Å². The van der Waals surface area contributed by atoms with Crippen LogP contribution in [0.25, 0.3) is 0 Å². The van der Waals surface area contributed by atoms with Crippen LogP contribution in [0.5, 0.6) is 0 Å². The molecule has 4 nitrogen and oxygen atoms in total. The van der Waals surface area contributed by atoms with E-state index < -0.39 is 0 Å². The van der Waals surface area contributed by atoms with Gasteiger partial charge in [-0.1, -0.05) is 0 Å². The van der Waals surface area contributed by atoms with Gasteiger partial charge in [-0.25, -0.2) is 5.84 Å². The number of hydrogen-bond donors (Lipinski definition) is 2. The summed E-state index contributed by atoms with van der Waals surface area (Å²) in [7, 11) is 0. The second-order valence-electron chi connectivity index (χ2n) is 3.16. The van der Waals surface area contributed by atoms with Crippen LogP contribution in [0.2, 0.25) is 0 Å². The fourth-order valence-electron chi connectivity index (χ4n) is 1.13. The zero-order valence-corrected chi connectivity index (χ0v) is 9.39. The largest absolute Gasteiger partial charge is 0.468 e. The van der Waals surface area contributed by atoms with Crippen LogP contribution in [-0.4, -0.2) is 11.7 Å². The Bertz CT molecular complexity index is 275. The SMILES string of the molecule is NNC(=O)CCCCSCc1ccco1.